The molecule has 0 saturated heterocycles. The standard InChI is InChI=1S/C27H30FN6O3P/c1-3-8-29-23-14-34-24(32-23)7-6-22(33-34)17-10-20(27(36-2)31-12-17)26(35)30-13-18-9-19(38)11-21(28)25(18)37-15-16-4-5-16/h6-7,9-12,14,16,29H,3-5,8,13,15,38H2,1-2H3,(H,30,35). The molecule has 1 amide bonds. The van der Waals surface area contributed by atoms with E-state index in [0.717, 1.165) is 31.6 Å². The zero-order chi connectivity index (χ0) is 26.6. The zero-order valence-electron chi connectivity index (χ0n) is 21.3. The number of aromatic nitrogens is 4. The lowest BCUT2D eigenvalue weighted by Gasteiger charge is -2.15. The molecule has 0 spiro atoms. The molecule has 4 aromatic rings. The van der Waals surface area contributed by atoms with Crippen LogP contribution in [0.5, 0.6) is 11.6 Å². The Bertz CT molecular complexity index is 1470. The number of anilines is 1. The third-order valence-electron chi connectivity index (χ3n) is 6.20. The van der Waals surface area contributed by atoms with Gasteiger partial charge in [-0.15, -0.1) is 9.24 Å². The highest BCUT2D eigenvalue weighted by molar-refractivity contribution is 7.27. The lowest BCUT2D eigenvalue weighted by Crippen LogP contribution is -2.25. The largest absolute Gasteiger partial charge is 0.490 e. The molecular weight excluding hydrogens is 506 g/mol. The Morgan fingerprint density at radius 2 is 2.11 bits per heavy atom. The van der Waals surface area contributed by atoms with Gasteiger partial charge in [0.1, 0.15) is 11.4 Å². The van der Waals surface area contributed by atoms with Crippen molar-refractivity contribution in [3.63, 3.8) is 0 Å². The maximum Gasteiger partial charge on any atom is 0.257 e. The molecule has 198 valence electrons. The lowest BCUT2D eigenvalue weighted by molar-refractivity contribution is 0.0946. The summed E-state index contributed by atoms with van der Waals surface area (Å²) in [6, 6.07) is 8.56. The van der Waals surface area contributed by atoms with Crippen LogP contribution in [0, 0.1) is 11.7 Å². The molecule has 2 N–H and O–H groups in total. The lowest BCUT2D eigenvalue weighted by atomic mass is 10.1. The third kappa shape index (κ3) is 5.86. The molecular formula is C27H30FN6O3P. The monoisotopic (exact) mass is 536 g/mol. The number of methoxy groups -OCH3 is 1. The first-order valence-corrected chi connectivity index (χ1v) is 13.2. The number of carbonyl (C=O) groups is 1. The average Bonchev–Trinajstić information content (AvgIpc) is 3.65. The topological polar surface area (TPSA) is 103 Å². The molecule has 1 fully saturated rings. The van der Waals surface area contributed by atoms with Crippen LogP contribution in [-0.2, 0) is 6.54 Å². The van der Waals surface area contributed by atoms with Gasteiger partial charge in [-0.2, -0.15) is 5.10 Å². The predicted octanol–water partition coefficient (Wildman–Crippen LogP) is 3.98. The number of rotatable bonds is 11. The van der Waals surface area contributed by atoms with Gasteiger partial charge in [-0.3, -0.25) is 4.79 Å². The first kappa shape index (κ1) is 25.9. The van der Waals surface area contributed by atoms with Crippen LogP contribution >= 0.6 is 9.24 Å². The zero-order valence-corrected chi connectivity index (χ0v) is 22.5. The van der Waals surface area contributed by atoms with Crippen LogP contribution in [-0.4, -0.2) is 45.8 Å². The van der Waals surface area contributed by atoms with E-state index in [1.54, 1.807) is 22.8 Å². The van der Waals surface area contributed by atoms with Gasteiger partial charge >= 0.3 is 0 Å². The second kappa shape index (κ2) is 11.3. The first-order chi connectivity index (χ1) is 18.4. The predicted molar refractivity (Wildman–Crippen MR) is 147 cm³/mol. The molecule has 1 atom stereocenters. The number of halogens is 1. The van der Waals surface area contributed by atoms with Crippen molar-refractivity contribution in [2.45, 2.75) is 32.7 Å². The number of hydrogen-bond acceptors (Lipinski definition) is 7. The Morgan fingerprint density at radius 1 is 1.26 bits per heavy atom. The summed E-state index contributed by atoms with van der Waals surface area (Å²) in [4.78, 5) is 22.1. The van der Waals surface area contributed by atoms with Crippen molar-refractivity contribution in [2.75, 3.05) is 25.6 Å². The SMILES string of the molecule is CCCNc1cn2nc(-c3cnc(OC)c(C(=O)NCc4cc(P)cc(F)c4OCC4CC4)c3)ccc2n1. The van der Waals surface area contributed by atoms with Gasteiger partial charge in [0.2, 0.25) is 5.88 Å². The van der Waals surface area contributed by atoms with E-state index < -0.39 is 11.7 Å². The molecule has 0 radical (unpaired) electrons. The highest BCUT2D eigenvalue weighted by atomic mass is 31.0. The number of ether oxygens (including phenoxy) is 2. The van der Waals surface area contributed by atoms with E-state index >= 15 is 0 Å². The summed E-state index contributed by atoms with van der Waals surface area (Å²) >= 11 is 0. The van der Waals surface area contributed by atoms with E-state index in [4.69, 9.17) is 9.47 Å². The van der Waals surface area contributed by atoms with Crippen LogP contribution in [0.4, 0.5) is 10.2 Å². The van der Waals surface area contributed by atoms with Crippen molar-refractivity contribution < 1.29 is 18.7 Å². The summed E-state index contributed by atoms with van der Waals surface area (Å²) in [5.74, 6) is 0.715. The van der Waals surface area contributed by atoms with E-state index in [1.165, 1.54) is 13.2 Å². The Balaban J connectivity index is 1.37. The number of hydrogen-bond donors (Lipinski definition) is 2. The summed E-state index contributed by atoms with van der Waals surface area (Å²) in [5, 5.41) is 11.4. The summed E-state index contributed by atoms with van der Waals surface area (Å²) in [6.07, 6.45) is 6.60. The van der Waals surface area contributed by atoms with E-state index in [2.05, 4.69) is 41.9 Å². The number of fused-ring (bicyclic) bond motifs is 1. The van der Waals surface area contributed by atoms with Crippen molar-refractivity contribution in [1.82, 2.24) is 24.9 Å². The van der Waals surface area contributed by atoms with E-state index in [-0.39, 0.29) is 23.7 Å². The maximum atomic E-state index is 14.7. The van der Waals surface area contributed by atoms with Crippen LogP contribution < -0.4 is 25.4 Å². The van der Waals surface area contributed by atoms with Gasteiger partial charge < -0.3 is 20.1 Å². The maximum absolute atomic E-state index is 14.7. The Hall–Kier alpha value is -3.78. The van der Waals surface area contributed by atoms with Crippen molar-refractivity contribution in [3.8, 4) is 22.9 Å². The average molecular weight is 537 g/mol. The summed E-state index contributed by atoms with van der Waals surface area (Å²) < 4.78 is 27.5. The molecule has 3 aromatic heterocycles. The molecule has 1 aliphatic rings. The molecule has 11 heteroatoms. The number of imidazole rings is 1. The molecule has 5 rings (SSSR count). The third-order valence-corrected chi connectivity index (χ3v) is 6.54. The number of nitrogens with zero attached hydrogens (tertiary/aromatic N) is 4. The second-order valence-corrected chi connectivity index (χ2v) is 9.95. The van der Waals surface area contributed by atoms with Gasteiger partial charge in [0.05, 0.1) is 25.6 Å². The normalized spacial score (nSPS) is 12.9. The quantitative estimate of drug-likeness (QED) is 0.280. The molecule has 9 nitrogen and oxygen atoms in total. The molecule has 0 bridgehead atoms. The van der Waals surface area contributed by atoms with Crippen LogP contribution in [0.2, 0.25) is 0 Å². The number of pyridine rings is 1. The number of benzene rings is 1. The fraction of sp³-hybridized carbons (Fsp3) is 0.333. The Kier molecular flexibility index (Phi) is 7.69. The Labute approximate surface area is 222 Å². The minimum atomic E-state index is -0.447. The number of amides is 1. The minimum absolute atomic E-state index is 0.0815. The van der Waals surface area contributed by atoms with Crippen LogP contribution in [0.3, 0.4) is 0 Å². The van der Waals surface area contributed by atoms with Crippen molar-refractivity contribution >= 4 is 31.9 Å². The van der Waals surface area contributed by atoms with Crippen molar-refractivity contribution in [3.05, 3.63) is 59.7 Å². The highest BCUT2D eigenvalue weighted by Gasteiger charge is 2.24. The number of nitrogens with one attached hydrogen (secondary N) is 2. The van der Waals surface area contributed by atoms with Crippen LogP contribution in [0.25, 0.3) is 16.9 Å². The molecule has 3 heterocycles. The van der Waals surface area contributed by atoms with Crippen LogP contribution in [0.15, 0.2) is 42.7 Å². The first-order valence-electron chi connectivity index (χ1n) is 12.6. The smallest absolute Gasteiger partial charge is 0.257 e. The van der Waals surface area contributed by atoms with E-state index in [1.807, 2.05) is 18.3 Å². The van der Waals surface area contributed by atoms with Crippen molar-refractivity contribution in [1.29, 1.82) is 0 Å². The highest BCUT2D eigenvalue weighted by Crippen LogP contribution is 2.31. The molecule has 1 saturated carbocycles. The van der Waals surface area contributed by atoms with Gasteiger partial charge in [-0.05, 0) is 60.8 Å². The number of carbonyl (C=O) groups excluding carboxylic acids is 1. The molecule has 1 aliphatic carbocycles. The summed E-state index contributed by atoms with van der Waals surface area (Å²) in [5.41, 5.74) is 2.77. The van der Waals surface area contributed by atoms with E-state index in [9.17, 15) is 9.18 Å². The second-order valence-electron chi connectivity index (χ2n) is 9.28. The van der Waals surface area contributed by atoms with Gasteiger partial charge in [0.15, 0.2) is 17.2 Å². The fourth-order valence-electron chi connectivity index (χ4n) is 4.01. The van der Waals surface area contributed by atoms with Crippen molar-refractivity contribution in [2.24, 2.45) is 5.92 Å². The van der Waals surface area contributed by atoms with Gasteiger partial charge in [-0.1, -0.05) is 6.92 Å². The van der Waals surface area contributed by atoms with Crippen LogP contribution in [0.1, 0.15) is 42.1 Å². The fourth-order valence-corrected chi connectivity index (χ4v) is 4.36. The molecule has 0 aliphatic heterocycles. The molecule has 1 aromatic carbocycles. The van der Waals surface area contributed by atoms with Gasteiger partial charge in [0, 0.05) is 30.4 Å². The van der Waals surface area contributed by atoms with Gasteiger partial charge in [0.25, 0.3) is 5.91 Å². The van der Waals surface area contributed by atoms with E-state index in [0.29, 0.717) is 40.3 Å². The van der Waals surface area contributed by atoms with Gasteiger partial charge in [-0.25, -0.2) is 18.9 Å². The Morgan fingerprint density at radius 3 is 2.87 bits per heavy atom. The minimum Gasteiger partial charge on any atom is -0.490 e. The summed E-state index contributed by atoms with van der Waals surface area (Å²) in [7, 11) is 3.94. The summed E-state index contributed by atoms with van der Waals surface area (Å²) in [6.45, 7) is 3.46. The molecule has 1 unspecified atom stereocenters. The molecule has 38 heavy (non-hydrogen) atoms.